The molecule has 0 bridgehead atoms. The molecule has 0 spiro atoms. The van der Waals surface area contributed by atoms with Crippen molar-refractivity contribution >= 4 is 17.5 Å². The Morgan fingerprint density at radius 2 is 1.86 bits per heavy atom. The van der Waals surface area contributed by atoms with E-state index in [2.05, 4.69) is 10.6 Å². The number of nitrogens with one attached hydrogen (secondary N) is 2. The predicted molar refractivity (Wildman–Crippen MR) is 83.1 cm³/mol. The summed E-state index contributed by atoms with van der Waals surface area (Å²) in [6, 6.07) is 5.59. The van der Waals surface area contributed by atoms with E-state index in [1.54, 1.807) is 19.2 Å². The molecule has 1 aromatic rings. The molecule has 0 aromatic heterocycles. The Kier molecular flexibility index (Phi) is 4.96. The van der Waals surface area contributed by atoms with E-state index < -0.39 is 0 Å². The maximum Gasteiger partial charge on any atom is 0.251 e. The third-order valence-corrected chi connectivity index (χ3v) is 4.21. The Morgan fingerprint density at radius 3 is 2.48 bits per heavy atom. The van der Waals surface area contributed by atoms with Gasteiger partial charge in [0, 0.05) is 30.3 Å². The van der Waals surface area contributed by atoms with E-state index in [0.29, 0.717) is 11.3 Å². The van der Waals surface area contributed by atoms with E-state index in [-0.39, 0.29) is 23.8 Å². The SMILES string of the molecule is CNC(=O)c1cccc(NC(=O)C2CCC(N)CC2)c1C. The van der Waals surface area contributed by atoms with Gasteiger partial charge in [-0.1, -0.05) is 6.07 Å². The van der Waals surface area contributed by atoms with E-state index in [1.165, 1.54) is 0 Å². The molecule has 1 aliphatic carbocycles. The summed E-state index contributed by atoms with van der Waals surface area (Å²) in [7, 11) is 1.60. The van der Waals surface area contributed by atoms with Crippen molar-refractivity contribution in [2.45, 2.75) is 38.6 Å². The first-order chi connectivity index (χ1) is 10.0. The highest BCUT2D eigenvalue weighted by atomic mass is 16.2. The molecule has 0 heterocycles. The lowest BCUT2D eigenvalue weighted by molar-refractivity contribution is -0.120. The van der Waals surface area contributed by atoms with Gasteiger partial charge in [0.2, 0.25) is 5.91 Å². The minimum atomic E-state index is -0.146. The Hall–Kier alpha value is -1.88. The zero-order valence-corrected chi connectivity index (χ0v) is 12.6. The van der Waals surface area contributed by atoms with Gasteiger partial charge in [-0.05, 0) is 50.3 Å². The molecule has 0 atom stereocenters. The highest BCUT2D eigenvalue weighted by Crippen LogP contribution is 2.26. The largest absolute Gasteiger partial charge is 0.355 e. The van der Waals surface area contributed by atoms with Crippen LogP contribution in [0.4, 0.5) is 5.69 Å². The minimum absolute atomic E-state index is 0.0212. The summed E-state index contributed by atoms with van der Waals surface area (Å²) in [5.41, 5.74) is 7.94. The molecule has 0 unspecified atom stereocenters. The van der Waals surface area contributed by atoms with Gasteiger partial charge in [-0.2, -0.15) is 0 Å². The summed E-state index contributed by atoms with van der Waals surface area (Å²) in [6.07, 6.45) is 3.47. The average molecular weight is 289 g/mol. The molecule has 0 aliphatic heterocycles. The first-order valence-electron chi connectivity index (χ1n) is 7.41. The van der Waals surface area contributed by atoms with Crippen LogP contribution in [0.1, 0.15) is 41.6 Å². The van der Waals surface area contributed by atoms with Crippen LogP contribution in [0.5, 0.6) is 0 Å². The summed E-state index contributed by atoms with van der Waals surface area (Å²) in [6.45, 7) is 1.84. The average Bonchev–Trinajstić information content (AvgIpc) is 2.49. The van der Waals surface area contributed by atoms with E-state index in [9.17, 15) is 9.59 Å². The molecule has 5 heteroatoms. The third-order valence-electron chi connectivity index (χ3n) is 4.21. The molecule has 21 heavy (non-hydrogen) atoms. The molecule has 1 aliphatic rings. The van der Waals surface area contributed by atoms with E-state index >= 15 is 0 Å². The number of carbonyl (C=O) groups is 2. The molecule has 1 saturated carbocycles. The Morgan fingerprint density at radius 1 is 1.19 bits per heavy atom. The van der Waals surface area contributed by atoms with Crippen LogP contribution in [-0.4, -0.2) is 24.9 Å². The Balaban J connectivity index is 2.09. The lowest BCUT2D eigenvalue weighted by atomic mass is 9.86. The number of anilines is 1. The van der Waals surface area contributed by atoms with Gasteiger partial charge in [0.25, 0.3) is 5.91 Å². The lowest BCUT2D eigenvalue weighted by Crippen LogP contribution is -2.32. The second kappa shape index (κ2) is 6.72. The number of benzene rings is 1. The normalized spacial score (nSPS) is 21.7. The Bertz CT molecular complexity index is 534. The van der Waals surface area contributed by atoms with Crippen molar-refractivity contribution in [2.75, 3.05) is 12.4 Å². The molecule has 2 amide bonds. The quantitative estimate of drug-likeness (QED) is 0.793. The highest BCUT2D eigenvalue weighted by Gasteiger charge is 2.25. The molecule has 5 nitrogen and oxygen atoms in total. The summed E-state index contributed by atoms with van der Waals surface area (Å²) in [5.74, 6) is -0.0980. The van der Waals surface area contributed by atoms with Crippen LogP contribution in [0.25, 0.3) is 0 Å². The maximum atomic E-state index is 12.3. The van der Waals surface area contributed by atoms with Crippen molar-refractivity contribution in [3.63, 3.8) is 0 Å². The molecule has 0 saturated heterocycles. The molecule has 4 N–H and O–H groups in total. The van der Waals surface area contributed by atoms with Crippen molar-refractivity contribution in [1.82, 2.24) is 5.32 Å². The number of carbonyl (C=O) groups excluding carboxylic acids is 2. The molecular formula is C16H23N3O2. The fourth-order valence-electron chi connectivity index (χ4n) is 2.77. The number of rotatable bonds is 3. The van der Waals surface area contributed by atoms with Crippen molar-refractivity contribution in [3.05, 3.63) is 29.3 Å². The first-order valence-corrected chi connectivity index (χ1v) is 7.41. The van der Waals surface area contributed by atoms with Gasteiger partial charge in [0.05, 0.1) is 0 Å². The van der Waals surface area contributed by atoms with Crippen LogP contribution in [0.15, 0.2) is 18.2 Å². The number of amides is 2. The highest BCUT2D eigenvalue weighted by molar-refractivity contribution is 5.99. The van der Waals surface area contributed by atoms with Crippen LogP contribution < -0.4 is 16.4 Å². The zero-order chi connectivity index (χ0) is 15.4. The van der Waals surface area contributed by atoms with Gasteiger partial charge in [0.15, 0.2) is 0 Å². The molecule has 1 fully saturated rings. The fourth-order valence-corrected chi connectivity index (χ4v) is 2.77. The summed E-state index contributed by atoms with van der Waals surface area (Å²) >= 11 is 0. The van der Waals surface area contributed by atoms with Crippen LogP contribution in [0.2, 0.25) is 0 Å². The summed E-state index contributed by atoms with van der Waals surface area (Å²) < 4.78 is 0. The summed E-state index contributed by atoms with van der Waals surface area (Å²) in [5, 5.41) is 5.56. The van der Waals surface area contributed by atoms with Crippen molar-refractivity contribution in [3.8, 4) is 0 Å². The van der Waals surface area contributed by atoms with Gasteiger partial charge < -0.3 is 16.4 Å². The van der Waals surface area contributed by atoms with Crippen LogP contribution in [0, 0.1) is 12.8 Å². The molecule has 114 valence electrons. The van der Waals surface area contributed by atoms with E-state index in [1.807, 2.05) is 13.0 Å². The second-order valence-electron chi connectivity index (χ2n) is 5.66. The monoisotopic (exact) mass is 289 g/mol. The number of nitrogens with two attached hydrogens (primary N) is 1. The lowest BCUT2D eigenvalue weighted by Gasteiger charge is -2.25. The fraction of sp³-hybridized carbons (Fsp3) is 0.500. The van der Waals surface area contributed by atoms with Gasteiger partial charge in [-0.25, -0.2) is 0 Å². The maximum absolute atomic E-state index is 12.3. The molecule has 2 rings (SSSR count). The topological polar surface area (TPSA) is 84.2 Å². The Labute approximate surface area is 125 Å². The standard InChI is InChI=1S/C16H23N3O2/c1-10-13(16(21)18-2)4-3-5-14(10)19-15(20)11-6-8-12(17)9-7-11/h3-5,11-12H,6-9,17H2,1-2H3,(H,18,21)(H,19,20). The molecule has 1 aromatic carbocycles. The van der Waals surface area contributed by atoms with Crippen LogP contribution in [0.3, 0.4) is 0 Å². The first kappa shape index (κ1) is 15.5. The van der Waals surface area contributed by atoms with Crippen molar-refractivity contribution in [2.24, 2.45) is 11.7 Å². The zero-order valence-electron chi connectivity index (χ0n) is 12.6. The van der Waals surface area contributed by atoms with Gasteiger partial charge >= 0.3 is 0 Å². The molecule has 0 radical (unpaired) electrons. The van der Waals surface area contributed by atoms with Crippen LogP contribution >= 0.6 is 0 Å². The van der Waals surface area contributed by atoms with E-state index in [0.717, 1.165) is 31.2 Å². The smallest absolute Gasteiger partial charge is 0.251 e. The van der Waals surface area contributed by atoms with E-state index in [4.69, 9.17) is 5.73 Å². The predicted octanol–water partition coefficient (Wildman–Crippen LogP) is 1.81. The molecular weight excluding hydrogens is 266 g/mol. The van der Waals surface area contributed by atoms with Gasteiger partial charge in [-0.3, -0.25) is 9.59 Å². The van der Waals surface area contributed by atoms with Crippen LogP contribution in [-0.2, 0) is 4.79 Å². The third kappa shape index (κ3) is 3.61. The second-order valence-corrected chi connectivity index (χ2v) is 5.66. The van der Waals surface area contributed by atoms with Gasteiger partial charge in [-0.15, -0.1) is 0 Å². The van der Waals surface area contributed by atoms with Crippen molar-refractivity contribution < 1.29 is 9.59 Å². The van der Waals surface area contributed by atoms with Gasteiger partial charge in [0.1, 0.15) is 0 Å². The number of hydrogen-bond donors (Lipinski definition) is 3. The minimum Gasteiger partial charge on any atom is -0.355 e. The van der Waals surface area contributed by atoms with Crippen molar-refractivity contribution in [1.29, 1.82) is 0 Å². The number of hydrogen-bond acceptors (Lipinski definition) is 3. The summed E-state index contributed by atoms with van der Waals surface area (Å²) in [4.78, 5) is 24.1.